The lowest BCUT2D eigenvalue weighted by Crippen LogP contribution is -2.22. The summed E-state index contributed by atoms with van der Waals surface area (Å²) in [5.74, 6) is 0.788. The van der Waals surface area contributed by atoms with Crippen LogP contribution in [0, 0.1) is 0 Å². The van der Waals surface area contributed by atoms with Crippen LogP contribution in [-0.2, 0) is 13.1 Å². The summed E-state index contributed by atoms with van der Waals surface area (Å²) in [6.45, 7) is 2.65. The van der Waals surface area contributed by atoms with E-state index in [1.54, 1.807) is 53.5 Å². The number of pyridine rings is 2. The van der Waals surface area contributed by atoms with Crippen LogP contribution >= 0.6 is 0 Å². The van der Waals surface area contributed by atoms with Crippen molar-refractivity contribution < 1.29 is 19.4 Å². The van der Waals surface area contributed by atoms with Gasteiger partial charge in [0.25, 0.3) is 11.8 Å². The van der Waals surface area contributed by atoms with E-state index in [2.05, 4.69) is 15.1 Å². The number of carbonyl (C=O) groups excluding carboxylic acids is 1. The highest BCUT2D eigenvalue weighted by Gasteiger charge is 2.31. The molecule has 0 fully saturated rings. The Morgan fingerprint density at radius 1 is 1.23 bits per heavy atom. The number of amides is 1. The van der Waals surface area contributed by atoms with E-state index in [0.29, 0.717) is 53.8 Å². The highest BCUT2D eigenvalue weighted by Crippen LogP contribution is 2.32. The summed E-state index contributed by atoms with van der Waals surface area (Å²) in [5.41, 5.74) is 3.39. The number of hydrogen-bond acceptors (Lipinski definition) is 7. The molecule has 1 N–H and O–H groups in total. The molecule has 0 saturated heterocycles. The van der Waals surface area contributed by atoms with Crippen LogP contribution in [0.4, 0.5) is 5.69 Å². The van der Waals surface area contributed by atoms with Crippen molar-refractivity contribution >= 4 is 11.6 Å². The van der Waals surface area contributed by atoms with Crippen molar-refractivity contribution in [3.05, 3.63) is 48.0 Å². The summed E-state index contributed by atoms with van der Waals surface area (Å²) in [6.07, 6.45) is 5.23. The first-order chi connectivity index (χ1) is 14.5. The summed E-state index contributed by atoms with van der Waals surface area (Å²) in [6, 6.07) is 5.38. The van der Waals surface area contributed by atoms with Crippen molar-refractivity contribution in [2.45, 2.75) is 32.5 Å². The standard InChI is InChI=1S/C21H23N5O4/c1-4-15(27)11-25-10-14(9-23-25)26-12-18-16(21(26)28)5-6-17(24-18)13-7-19(29-2)20(30-3)22-8-13/h5-10,15,27H,4,11-12H2,1-3H3/t15-/m1/s1. The van der Waals surface area contributed by atoms with Gasteiger partial charge in [0.15, 0.2) is 5.75 Å². The molecule has 156 valence electrons. The third-order valence-electron chi connectivity index (χ3n) is 5.09. The molecule has 0 aliphatic carbocycles. The topological polar surface area (TPSA) is 103 Å². The molecule has 1 aliphatic heterocycles. The lowest BCUT2D eigenvalue weighted by atomic mass is 10.1. The lowest BCUT2D eigenvalue weighted by Gasteiger charge is -2.12. The summed E-state index contributed by atoms with van der Waals surface area (Å²) in [7, 11) is 3.08. The third kappa shape index (κ3) is 3.59. The fourth-order valence-corrected chi connectivity index (χ4v) is 3.36. The van der Waals surface area contributed by atoms with E-state index in [1.807, 2.05) is 6.92 Å². The average Bonchev–Trinajstić information content (AvgIpc) is 3.36. The molecule has 4 heterocycles. The molecule has 0 saturated carbocycles. The monoisotopic (exact) mass is 409 g/mol. The highest BCUT2D eigenvalue weighted by molar-refractivity contribution is 6.09. The van der Waals surface area contributed by atoms with Crippen LogP contribution in [0.3, 0.4) is 0 Å². The van der Waals surface area contributed by atoms with Gasteiger partial charge in [-0.3, -0.25) is 19.4 Å². The molecule has 1 amide bonds. The van der Waals surface area contributed by atoms with Gasteiger partial charge < -0.3 is 14.6 Å². The predicted molar refractivity (Wildman–Crippen MR) is 110 cm³/mol. The molecule has 3 aromatic heterocycles. The fourth-order valence-electron chi connectivity index (χ4n) is 3.36. The van der Waals surface area contributed by atoms with E-state index < -0.39 is 6.10 Å². The second-order valence-corrected chi connectivity index (χ2v) is 7.00. The number of aliphatic hydroxyl groups excluding tert-OH is 1. The molecular weight excluding hydrogens is 386 g/mol. The maximum atomic E-state index is 12.9. The van der Waals surface area contributed by atoms with E-state index in [4.69, 9.17) is 9.47 Å². The number of nitrogens with zero attached hydrogens (tertiary/aromatic N) is 5. The molecule has 0 spiro atoms. The number of aromatic nitrogens is 4. The SMILES string of the molecule is CC[C@@H](O)Cn1cc(N2Cc3nc(-c4cnc(OC)c(OC)c4)ccc3C2=O)cn1. The minimum Gasteiger partial charge on any atom is -0.491 e. The molecule has 0 unspecified atom stereocenters. The van der Waals surface area contributed by atoms with Gasteiger partial charge in [-0.1, -0.05) is 6.92 Å². The number of fused-ring (bicyclic) bond motifs is 1. The van der Waals surface area contributed by atoms with Gasteiger partial charge in [-0.25, -0.2) is 4.98 Å². The fraction of sp³-hybridized carbons (Fsp3) is 0.333. The average molecular weight is 409 g/mol. The second kappa shape index (κ2) is 8.11. The third-order valence-corrected chi connectivity index (χ3v) is 5.09. The molecule has 9 heteroatoms. The van der Waals surface area contributed by atoms with Gasteiger partial charge in [0.1, 0.15) is 0 Å². The molecule has 0 bridgehead atoms. The molecule has 9 nitrogen and oxygen atoms in total. The quantitative estimate of drug-likeness (QED) is 0.639. The molecule has 30 heavy (non-hydrogen) atoms. The zero-order chi connectivity index (χ0) is 21.3. The van der Waals surface area contributed by atoms with Gasteiger partial charge in [-0.2, -0.15) is 5.10 Å². The summed E-state index contributed by atoms with van der Waals surface area (Å²) in [5, 5.41) is 14.1. The number of anilines is 1. The number of ether oxygens (including phenoxy) is 2. The minimum absolute atomic E-state index is 0.120. The molecule has 1 aliphatic rings. The number of methoxy groups -OCH3 is 2. The van der Waals surface area contributed by atoms with Crippen molar-refractivity contribution in [2.75, 3.05) is 19.1 Å². The zero-order valence-electron chi connectivity index (χ0n) is 17.1. The Morgan fingerprint density at radius 3 is 2.80 bits per heavy atom. The van der Waals surface area contributed by atoms with Crippen molar-refractivity contribution in [3.8, 4) is 22.9 Å². The van der Waals surface area contributed by atoms with Crippen LogP contribution in [0.5, 0.6) is 11.6 Å². The van der Waals surface area contributed by atoms with E-state index in [9.17, 15) is 9.90 Å². The van der Waals surface area contributed by atoms with Gasteiger partial charge in [-0.05, 0) is 24.6 Å². The van der Waals surface area contributed by atoms with Crippen LogP contribution in [-0.4, -0.2) is 51.1 Å². The van der Waals surface area contributed by atoms with Crippen LogP contribution in [0.25, 0.3) is 11.3 Å². The van der Waals surface area contributed by atoms with Crippen molar-refractivity contribution in [1.82, 2.24) is 19.7 Å². The van der Waals surface area contributed by atoms with Crippen molar-refractivity contribution in [3.63, 3.8) is 0 Å². The van der Waals surface area contributed by atoms with Crippen LogP contribution < -0.4 is 14.4 Å². The number of carbonyl (C=O) groups is 1. The summed E-state index contributed by atoms with van der Waals surface area (Å²) < 4.78 is 12.1. The maximum absolute atomic E-state index is 12.9. The summed E-state index contributed by atoms with van der Waals surface area (Å²) in [4.78, 5) is 23.4. The number of rotatable bonds is 7. The van der Waals surface area contributed by atoms with Crippen molar-refractivity contribution in [1.29, 1.82) is 0 Å². The van der Waals surface area contributed by atoms with Gasteiger partial charge in [0.2, 0.25) is 0 Å². The zero-order valence-corrected chi connectivity index (χ0v) is 17.1. The van der Waals surface area contributed by atoms with Gasteiger partial charge >= 0.3 is 0 Å². The first-order valence-corrected chi connectivity index (χ1v) is 9.64. The summed E-state index contributed by atoms with van der Waals surface area (Å²) >= 11 is 0. The Bertz CT molecular complexity index is 1080. The van der Waals surface area contributed by atoms with E-state index >= 15 is 0 Å². The van der Waals surface area contributed by atoms with E-state index in [-0.39, 0.29) is 5.91 Å². The number of aliphatic hydroxyl groups is 1. The maximum Gasteiger partial charge on any atom is 0.260 e. The van der Waals surface area contributed by atoms with Crippen LogP contribution in [0.2, 0.25) is 0 Å². The Balaban J connectivity index is 1.59. The Kier molecular flexibility index (Phi) is 5.37. The highest BCUT2D eigenvalue weighted by atomic mass is 16.5. The molecule has 0 radical (unpaired) electrons. The molecule has 0 aromatic carbocycles. The minimum atomic E-state index is -0.469. The van der Waals surface area contributed by atoms with Gasteiger partial charge in [-0.15, -0.1) is 0 Å². The molecular formula is C21H23N5O4. The number of hydrogen-bond donors (Lipinski definition) is 1. The van der Waals surface area contributed by atoms with Crippen LogP contribution in [0.15, 0.2) is 36.8 Å². The first-order valence-electron chi connectivity index (χ1n) is 9.64. The normalized spacial score (nSPS) is 14.0. The lowest BCUT2D eigenvalue weighted by molar-refractivity contribution is 0.0996. The first kappa shape index (κ1) is 19.8. The van der Waals surface area contributed by atoms with Crippen LogP contribution in [0.1, 0.15) is 29.4 Å². The Labute approximate surface area is 173 Å². The molecule has 3 aromatic rings. The van der Waals surface area contributed by atoms with E-state index in [0.717, 1.165) is 5.56 Å². The van der Waals surface area contributed by atoms with Crippen molar-refractivity contribution in [2.24, 2.45) is 0 Å². The van der Waals surface area contributed by atoms with Gasteiger partial charge in [0.05, 0.1) is 62.2 Å². The van der Waals surface area contributed by atoms with Gasteiger partial charge in [0, 0.05) is 18.0 Å². The Morgan fingerprint density at radius 2 is 2.07 bits per heavy atom. The molecule has 1 atom stereocenters. The second-order valence-electron chi connectivity index (χ2n) is 7.00. The Hall–Kier alpha value is -3.46. The predicted octanol–water partition coefficient (Wildman–Crippen LogP) is 2.29. The largest absolute Gasteiger partial charge is 0.491 e. The van der Waals surface area contributed by atoms with E-state index in [1.165, 1.54) is 7.11 Å². The molecule has 4 rings (SSSR count). The smallest absolute Gasteiger partial charge is 0.260 e.